The second kappa shape index (κ2) is 7.37. The highest BCUT2D eigenvalue weighted by Crippen LogP contribution is 2.25. The second-order valence-electron chi connectivity index (χ2n) is 4.30. The fraction of sp³-hybridized carbons (Fsp3) is 0. The van der Waals surface area contributed by atoms with E-state index in [2.05, 4.69) is 27.9 Å². The van der Waals surface area contributed by atoms with E-state index < -0.39 is 4.92 Å². The molecule has 1 N–H and O–H groups in total. The van der Waals surface area contributed by atoms with E-state index in [4.69, 9.17) is 11.6 Å². The van der Waals surface area contributed by atoms with Gasteiger partial charge >= 0.3 is 0 Å². The standard InChI is InChI=1S/C15H10ClIN2O3/c16-13-7-1-10(9-14(13)19(21)22)2-8-15(20)18-12-5-3-11(17)4-6-12/h1-9H,(H,18,20). The van der Waals surface area contributed by atoms with Crippen LogP contribution in [0.3, 0.4) is 0 Å². The molecule has 0 aliphatic rings. The van der Waals surface area contributed by atoms with E-state index in [9.17, 15) is 14.9 Å². The fourth-order valence-corrected chi connectivity index (χ4v) is 2.21. The Morgan fingerprint density at radius 2 is 1.91 bits per heavy atom. The van der Waals surface area contributed by atoms with Crippen molar-refractivity contribution in [2.75, 3.05) is 5.32 Å². The number of rotatable bonds is 4. The van der Waals surface area contributed by atoms with Gasteiger partial charge in [-0.15, -0.1) is 0 Å². The fourth-order valence-electron chi connectivity index (χ4n) is 1.66. The van der Waals surface area contributed by atoms with Crippen LogP contribution in [0.15, 0.2) is 48.5 Å². The molecule has 0 unspecified atom stereocenters. The van der Waals surface area contributed by atoms with Crippen LogP contribution in [0.4, 0.5) is 11.4 Å². The first-order chi connectivity index (χ1) is 10.5. The van der Waals surface area contributed by atoms with Crippen LogP contribution >= 0.6 is 34.2 Å². The Hall–Kier alpha value is -1.93. The van der Waals surface area contributed by atoms with Crippen molar-refractivity contribution in [2.24, 2.45) is 0 Å². The SMILES string of the molecule is O=C(C=Cc1ccc(Cl)c([N+](=O)[O-])c1)Nc1ccc(I)cc1. The van der Waals surface area contributed by atoms with Crippen LogP contribution < -0.4 is 5.32 Å². The highest BCUT2D eigenvalue weighted by atomic mass is 127. The summed E-state index contributed by atoms with van der Waals surface area (Å²) >= 11 is 7.90. The number of nitro benzene ring substituents is 1. The molecule has 0 heterocycles. The first kappa shape index (κ1) is 16.4. The predicted molar refractivity (Wildman–Crippen MR) is 94.9 cm³/mol. The third kappa shape index (κ3) is 4.54. The molecule has 0 radical (unpaired) electrons. The maximum atomic E-state index is 11.8. The Morgan fingerprint density at radius 1 is 1.23 bits per heavy atom. The van der Waals surface area contributed by atoms with Crippen molar-refractivity contribution in [1.82, 2.24) is 0 Å². The number of anilines is 1. The van der Waals surface area contributed by atoms with Crippen LogP contribution in [0.25, 0.3) is 6.08 Å². The van der Waals surface area contributed by atoms with E-state index in [-0.39, 0.29) is 16.6 Å². The first-order valence-electron chi connectivity index (χ1n) is 6.14. The zero-order valence-corrected chi connectivity index (χ0v) is 14.0. The molecular formula is C15H10ClIN2O3. The number of nitrogens with zero attached hydrogens (tertiary/aromatic N) is 1. The van der Waals surface area contributed by atoms with Gasteiger partial charge in [0.1, 0.15) is 5.02 Å². The Bertz CT molecular complexity index is 745. The molecular weight excluding hydrogens is 419 g/mol. The summed E-state index contributed by atoms with van der Waals surface area (Å²) in [6, 6.07) is 11.7. The zero-order valence-electron chi connectivity index (χ0n) is 11.1. The number of carbonyl (C=O) groups excluding carboxylic acids is 1. The first-order valence-corrected chi connectivity index (χ1v) is 7.60. The van der Waals surface area contributed by atoms with E-state index in [0.29, 0.717) is 11.3 Å². The molecule has 0 spiro atoms. The average Bonchev–Trinajstić information content (AvgIpc) is 2.48. The van der Waals surface area contributed by atoms with Crippen molar-refractivity contribution in [3.8, 4) is 0 Å². The van der Waals surface area contributed by atoms with Crippen molar-refractivity contribution < 1.29 is 9.72 Å². The number of hydrogen-bond donors (Lipinski definition) is 1. The van der Waals surface area contributed by atoms with E-state index in [0.717, 1.165) is 3.57 Å². The molecule has 0 saturated heterocycles. The van der Waals surface area contributed by atoms with Gasteiger partial charge in [-0.1, -0.05) is 17.7 Å². The number of hydrogen-bond acceptors (Lipinski definition) is 3. The largest absolute Gasteiger partial charge is 0.323 e. The number of nitrogens with one attached hydrogen (secondary N) is 1. The molecule has 5 nitrogen and oxygen atoms in total. The summed E-state index contributed by atoms with van der Waals surface area (Å²) in [5.74, 6) is -0.321. The number of amides is 1. The Labute approximate surface area is 145 Å². The normalized spacial score (nSPS) is 10.6. The lowest BCUT2D eigenvalue weighted by molar-refractivity contribution is -0.384. The average molecular weight is 429 g/mol. The summed E-state index contributed by atoms with van der Waals surface area (Å²) in [6.45, 7) is 0. The Morgan fingerprint density at radius 3 is 2.55 bits per heavy atom. The molecule has 1 amide bonds. The molecule has 0 fully saturated rings. The maximum Gasteiger partial charge on any atom is 0.288 e. The summed E-state index contributed by atoms with van der Waals surface area (Å²) in [5, 5.41) is 13.6. The van der Waals surface area contributed by atoms with Gasteiger partial charge in [0.25, 0.3) is 5.69 Å². The minimum atomic E-state index is -0.564. The molecule has 22 heavy (non-hydrogen) atoms. The minimum absolute atomic E-state index is 0.0606. The van der Waals surface area contributed by atoms with Crippen molar-refractivity contribution in [1.29, 1.82) is 0 Å². The molecule has 0 saturated carbocycles. The predicted octanol–water partition coefficient (Wildman–Crippen LogP) is 4.50. The van der Waals surface area contributed by atoms with Crippen LogP contribution in [0.1, 0.15) is 5.56 Å². The van der Waals surface area contributed by atoms with E-state index in [1.807, 2.05) is 12.1 Å². The third-order valence-corrected chi connectivity index (χ3v) is 3.74. The molecule has 0 atom stereocenters. The van der Waals surface area contributed by atoms with Gasteiger partial charge < -0.3 is 5.32 Å². The van der Waals surface area contributed by atoms with Crippen molar-refractivity contribution in [3.63, 3.8) is 0 Å². The number of carbonyl (C=O) groups is 1. The maximum absolute atomic E-state index is 11.8. The molecule has 112 valence electrons. The lowest BCUT2D eigenvalue weighted by Gasteiger charge is -2.02. The van der Waals surface area contributed by atoms with E-state index in [1.54, 1.807) is 18.2 Å². The number of nitro groups is 1. The number of halogens is 2. The van der Waals surface area contributed by atoms with Crippen LogP contribution in [-0.2, 0) is 4.79 Å². The van der Waals surface area contributed by atoms with Gasteiger partial charge in [0.05, 0.1) is 4.92 Å². The highest BCUT2D eigenvalue weighted by Gasteiger charge is 2.11. The zero-order chi connectivity index (χ0) is 16.1. The minimum Gasteiger partial charge on any atom is -0.323 e. The van der Waals surface area contributed by atoms with Crippen molar-refractivity contribution in [2.45, 2.75) is 0 Å². The lowest BCUT2D eigenvalue weighted by atomic mass is 10.2. The van der Waals surface area contributed by atoms with E-state index >= 15 is 0 Å². The molecule has 7 heteroatoms. The molecule has 0 bridgehead atoms. The molecule has 2 aromatic carbocycles. The van der Waals surface area contributed by atoms with E-state index in [1.165, 1.54) is 24.3 Å². The third-order valence-electron chi connectivity index (χ3n) is 2.71. The topological polar surface area (TPSA) is 72.2 Å². The van der Waals surface area contributed by atoms with Gasteiger partial charge in [0, 0.05) is 21.4 Å². The molecule has 0 aliphatic carbocycles. The molecule has 0 aliphatic heterocycles. The summed E-state index contributed by atoms with van der Waals surface area (Å²) in [4.78, 5) is 22.0. The summed E-state index contributed by atoms with van der Waals surface area (Å²) in [7, 11) is 0. The smallest absolute Gasteiger partial charge is 0.288 e. The van der Waals surface area contributed by atoms with Crippen LogP contribution in [0.5, 0.6) is 0 Å². The van der Waals surface area contributed by atoms with Gasteiger partial charge in [-0.3, -0.25) is 14.9 Å². The number of benzene rings is 2. The second-order valence-corrected chi connectivity index (χ2v) is 5.95. The quantitative estimate of drug-likeness (QED) is 0.337. The van der Waals surface area contributed by atoms with Gasteiger partial charge in [0.2, 0.25) is 5.91 Å². The summed E-state index contributed by atoms with van der Waals surface area (Å²) in [5.41, 5.74) is 1.01. The van der Waals surface area contributed by atoms with Crippen LogP contribution in [0.2, 0.25) is 5.02 Å². The van der Waals surface area contributed by atoms with Crippen molar-refractivity contribution >= 4 is 57.5 Å². The summed E-state index contributed by atoms with van der Waals surface area (Å²) in [6.07, 6.45) is 2.80. The van der Waals surface area contributed by atoms with Gasteiger partial charge in [0.15, 0.2) is 0 Å². The molecule has 2 rings (SSSR count). The van der Waals surface area contributed by atoms with Gasteiger partial charge in [-0.25, -0.2) is 0 Å². The lowest BCUT2D eigenvalue weighted by Crippen LogP contribution is -2.07. The highest BCUT2D eigenvalue weighted by molar-refractivity contribution is 14.1. The molecule has 2 aromatic rings. The Kier molecular flexibility index (Phi) is 5.51. The van der Waals surface area contributed by atoms with Gasteiger partial charge in [-0.2, -0.15) is 0 Å². The summed E-state index contributed by atoms with van der Waals surface area (Å²) < 4.78 is 1.07. The monoisotopic (exact) mass is 428 g/mol. The van der Waals surface area contributed by atoms with Crippen molar-refractivity contribution in [3.05, 3.63) is 72.8 Å². The van der Waals surface area contributed by atoms with Gasteiger partial charge in [-0.05, 0) is 64.6 Å². The Balaban J connectivity index is 2.08. The van der Waals surface area contributed by atoms with Crippen LogP contribution in [0, 0.1) is 13.7 Å². The molecule has 0 aromatic heterocycles. The van der Waals surface area contributed by atoms with Crippen LogP contribution in [-0.4, -0.2) is 10.8 Å².